The number of rotatable bonds is 3. The van der Waals surface area contributed by atoms with E-state index in [0.717, 1.165) is 47.7 Å². The van der Waals surface area contributed by atoms with Crippen molar-refractivity contribution in [2.45, 2.75) is 57.5 Å². The van der Waals surface area contributed by atoms with E-state index < -0.39 is 0 Å². The highest BCUT2D eigenvalue weighted by Gasteiger charge is 2.41. The fraction of sp³-hybridized carbons (Fsp3) is 0.562. The number of benzene rings is 1. The van der Waals surface area contributed by atoms with Gasteiger partial charge in [-0.1, -0.05) is 31.9 Å². The molecule has 0 aliphatic heterocycles. The van der Waals surface area contributed by atoms with Gasteiger partial charge in [0.1, 0.15) is 5.82 Å². The number of fused-ring (bicyclic) bond motifs is 1. The molecule has 20 heavy (non-hydrogen) atoms. The average Bonchev–Trinajstić information content (AvgIpc) is 2.93. The summed E-state index contributed by atoms with van der Waals surface area (Å²) in [6.07, 6.45) is 4.48. The normalized spacial score (nSPS) is 26.5. The summed E-state index contributed by atoms with van der Waals surface area (Å²) in [5.41, 5.74) is 8.53. The third-order valence-electron chi connectivity index (χ3n) is 4.70. The van der Waals surface area contributed by atoms with Crippen LogP contribution in [0.15, 0.2) is 18.2 Å². The average molecular weight is 292 g/mol. The molecule has 1 aliphatic carbocycles. The number of aromatic nitrogens is 2. The summed E-state index contributed by atoms with van der Waals surface area (Å²) in [7, 11) is 0. The number of aryl methyl sites for hydroxylation is 1. The number of imidazole rings is 1. The molecule has 1 fully saturated rings. The number of hydrogen-bond donors (Lipinski definition) is 1. The Hall–Kier alpha value is -1.06. The van der Waals surface area contributed by atoms with Gasteiger partial charge in [0.25, 0.3) is 0 Å². The second-order valence-electron chi connectivity index (χ2n) is 6.14. The maximum absolute atomic E-state index is 6.38. The SMILES string of the molecule is CCCn1c(C2(C)CCCC2N)nc2ccc(Cl)cc21. The lowest BCUT2D eigenvalue weighted by molar-refractivity contribution is 0.386. The minimum atomic E-state index is -0.0132. The third-order valence-corrected chi connectivity index (χ3v) is 4.93. The summed E-state index contributed by atoms with van der Waals surface area (Å²) in [6.45, 7) is 5.42. The van der Waals surface area contributed by atoms with Crippen molar-refractivity contribution in [3.05, 3.63) is 29.0 Å². The van der Waals surface area contributed by atoms with E-state index in [2.05, 4.69) is 18.4 Å². The van der Waals surface area contributed by atoms with Gasteiger partial charge in [-0.05, 0) is 37.5 Å². The molecule has 2 N–H and O–H groups in total. The third kappa shape index (κ3) is 2.04. The van der Waals surface area contributed by atoms with Crippen molar-refractivity contribution < 1.29 is 0 Å². The molecular formula is C16H22ClN3. The first-order valence-corrected chi connectivity index (χ1v) is 7.86. The zero-order valence-electron chi connectivity index (χ0n) is 12.2. The molecule has 1 heterocycles. The smallest absolute Gasteiger partial charge is 0.117 e. The predicted octanol–water partition coefficient (Wildman–Crippen LogP) is 3.87. The molecule has 1 saturated carbocycles. The Morgan fingerprint density at radius 2 is 2.30 bits per heavy atom. The number of nitrogens with zero attached hydrogens (tertiary/aromatic N) is 2. The van der Waals surface area contributed by atoms with Crippen LogP contribution in [0.5, 0.6) is 0 Å². The van der Waals surface area contributed by atoms with Gasteiger partial charge in [0.15, 0.2) is 0 Å². The van der Waals surface area contributed by atoms with Crippen LogP contribution in [0, 0.1) is 0 Å². The molecule has 4 heteroatoms. The summed E-state index contributed by atoms with van der Waals surface area (Å²) < 4.78 is 2.33. The van der Waals surface area contributed by atoms with Crippen LogP contribution < -0.4 is 5.73 Å². The van der Waals surface area contributed by atoms with Crippen LogP contribution >= 0.6 is 11.6 Å². The first-order chi connectivity index (χ1) is 9.56. The predicted molar refractivity (Wildman–Crippen MR) is 84.2 cm³/mol. The Bertz CT molecular complexity index is 634. The van der Waals surface area contributed by atoms with E-state index in [9.17, 15) is 0 Å². The van der Waals surface area contributed by atoms with Crippen LogP contribution in [0.2, 0.25) is 5.02 Å². The fourth-order valence-electron chi connectivity index (χ4n) is 3.45. The molecular weight excluding hydrogens is 270 g/mol. The molecule has 0 bridgehead atoms. The minimum Gasteiger partial charge on any atom is -0.327 e. The van der Waals surface area contributed by atoms with Crippen molar-refractivity contribution in [1.29, 1.82) is 0 Å². The fourth-order valence-corrected chi connectivity index (χ4v) is 3.62. The van der Waals surface area contributed by atoms with Crippen molar-refractivity contribution in [3.63, 3.8) is 0 Å². The maximum atomic E-state index is 6.38. The molecule has 1 aromatic heterocycles. The van der Waals surface area contributed by atoms with E-state index in [0.29, 0.717) is 0 Å². The van der Waals surface area contributed by atoms with Crippen LogP contribution in [-0.4, -0.2) is 15.6 Å². The van der Waals surface area contributed by atoms with E-state index in [1.54, 1.807) is 0 Å². The van der Waals surface area contributed by atoms with E-state index in [-0.39, 0.29) is 11.5 Å². The molecule has 0 radical (unpaired) electrons. The van der Waals surface area contributed by atoms with E-state index in [4.69, 9.17) is 22.3 Å². The number of halogens is 1. The van der Waals surface area contributed by atoms with Crippen LogP contribution in [-0.2, 0) is 12.0 Å². The Labute approximate surface area is 125 Å². The molecule has 1 aromatic carbocycles. The molecule has 108 valence electrons. The van der Waals surface area contributed by atoms with Crippen LogP contribution in [0.25, 0.3) is 11.0 Å². The summed E-state index contributed by atoms with van der Waals surface area (Å²) in [5, 5.41) is 0.766. The van der Waals surface area contributed by atoms with Crippen LogP contribution in [0.4, 0.5) is 0 Å². The van der Waals surface area contributed by atoms with Gasteiger partial charge < -0.3 is 10.3 Å². The zero-order valence-corrected chi connectivity index (χ0v) is 13.0. The molecule has 3 nitrogen and oxygen atoms in total. The van der Waals surface area contributed by atoms with Gasteiger partial charge in [-0.2, -0.15) is 0 Å². The van der Waals surface area contributed by atoms with Gasteiger partial charge in [0, 0.05) is 23.0 Å². The summed E-state index contributed by atoms with van der Waals surface area (Å²) in [5.74, 6) is 1.14. The summed E-state index contributed by atoms with van der Waals surface area (Å²) in [6, 6.07) is 6.14. The Morgan fingerprint density at radius 1 is 1.50 bits per heavy atom. The van der Waals surface area contributed by atoms with Crippen LogP contribution in [0.1, 0.15) is 45.4 Å². The van der Waals surface area contributed by atoms with E-state index >= 15 is 0 Å². The molecule has 3 rings (SSSR count). The Kier molecular flexibility index (Phi) is 3.51. The van der Waals surface area contributed by atoms with Crippen molar-refractivity contribution in [2.24, 2.45) is 5.73 Å². The second kappa shape index (κ2) is 5.05. The summed E-state index contributed by atoms with van der Waals surface area (Å²) in [4.78, 5) is 4.90. The first-order valence-electron chi connectivity index (χ1n) is 7.48. The molecule has 1 aliphatic rings. The van der Waals surface area contributed by atoms with E-state index in [1.165, 1.54) is 6.42 Å². The standard InChI is InChI=1S/C16H22ClN3/c1-3-9-20-13-10-11(17)6-7-12(13)19-15(20)16(2)8-4-5-14(16)18/h6-7,10,14H,3-5,8-9,18H2,1-2H3. The lowest BCUT2D eigenvalue weighted by Crippen LogP contribution is -2.40. The number of hydrogen-bond acceptors (Lipinski definition) is 2. The topological polar surface area (TPSA) is 43.8 Å². The Morgan fingerprint density at radius 3 is 2.95 bits per heavy atom. The van der Waals surface area contributed by atoms with Gasteiger partial charge in [-0.25, -0.2) is 4.98 Å². The molecule has 0 saturated heterocycles. The summed E-state index contributed by atoms with van der Waals surface area (Å²) >= 11 is 6.16. The molecule has 0 spiro atoms. The number of nitrogens with two attached hydrogens (primary N) is 1. The molecule has 2 aromatic rings. The van der Waals surface area contributed by atoms with Gasteiger partial charge in [0.05, 0.1) is 11.0 Å². The Balaban J connectivity index is 2.21. The van der Waals surface area contributed by atoms with E-state index in [1.807, 2.05) is 18.2 Å². The van der Waals surface area contributed by atoms with Crippen molar-refractivity contribution in [2.75, 3.05) is 0 Å². The van der Waals surface area contributed by atoms with Crippen molar-refractivity contribution in [3.8, 4) is 0 Å². The minimum absolute atomic E-state index is 0.0132. The monoisotopic (exact) mass is 291 g/mol. The second-order valence-corrected chi connectivity index (χ2v) is 6.57. The maximum Gasteiger partial charge on any atom is 0.117 e. The molecule has 2 unspecified atom stereocenters. The van der Waals surface area contributed by atoms with Gasteiger partial charge >= 0.3 is 0 Å². The highest BCUT2D eigenvalue weighted by atomic mass is 35.5. The van der Waals surface area contributed by atoms with Crippen molar-refractivity contribution in [1.82, 2.24) is 9.55 Å². The lowest BCUT2D eigenvalue weighted by Gasteiger charge is -2.29. The van der Waals surface area contributed by atoms with Crippen molar-refractivity contribution >= 4 is 22.6 Å². The lowest BCUT2D eigenvalue weighted by atomic mass is 9.84. The van der Waals surface area contributed by atoms with Gasteiger partial charge in [-0.15, -0.1) is 0 Å². The highest BCUT2D eigenvalue weighted by Crippen LogP contribution is 2.40. The van der Waals surface area contributed by atoms with Gasteiger partial charge in [0.2, 0.25) is 0 Å². The quantitative estimate of drug-likeness (QED) is 0.933. The first kappa shape index (κ1) is 13.9. The van der Waals surface area contributed by atoms with Gasteiger partial charge in [-0.3, -0.25) is 0 Å². The molecule has 2 atom stereocenters. The largest absolute Gasteiger partial charge is 0.327 e. The zero-order chi connectivity index (χ0) is 14.3. The van der Waals surface area contributed by atoms with Crippen LogP contribution in [0.3, 0.4) is 0 Å². The highest BCUT2D eigenvalue weighted by molar-refractivity contribution is 6.31. The molecule has 0 amide bonds.